The topological polar surface area (TPSA) is 24.4 Å². The average molecular weight is 268 g/mol. The van der Waals surface area contributed by atoms with Crippen LogP contribution in [0.15, 0.2) is 16.4 Å². The molecule has 2 rings (SSSR count). The van der Waals surface area contributed by atoms with Crippen LogP contribution in [0, 0.1) is 5.92 Å². The molecule has 1 aliphatic rings. The lowest BCUT2D eigenvalue weighted by Crippen LogP contribution is -2.31. The molecule has 0 radical (unpaired) electrons. The Morgan fingerprint density at radius 3 is 3.00 bits per heavy atom. The summed E-state index contributed by atoms with van der Waals surface area (Å²) in [5.74, 6) is 1.84. The molecule has 1 fully saturated rings. The van der Waals surface area contributed by atoms with Gasteiger partial charge in [-0.3, -0.25) is 4.99 Å². The lowest BCUT2D eigenvalue weighted by Gasteiger charge is -2.13. The van der Waals surface area contributed by atoms with Gasteiger partial charge in [0.15, 0.2) is 5.17 Å². The van der Waals surface area contributed by atoms with E-state index in [-0.39, 0.29) is 0 Å². The molecule has 0 aromatic carbocycles. The van der Waals surface area contributed by atoms with Gasteiger partial charge in [0.1, 0.15) is 0 Å². The highest BCUT2D eigenvalue weighted by molar-refractivity contribution is 8.14. The molecule has 0 bridgehead atoms. The number of thioether (sulfide) groups is 1. The second-order valence-electron chi connectivity index (χ2n) is 4.65. The standard InChI is InChI=1S/C13H20N2S2/c1-4-10-5-6-16-12(10)7-14-13-15-11(8-17-13)9(2)3/h5-6,9,11H,4,7-8H2,1-3H3,(H,14,15)/t11-/m1/s1. The first-order chi connectivity index (χ1) is 8.20. The summed E-state index contributed by atoms with van der Waals surface area (Å²) in [6.07, 6.45) is 1.11. The number of amidine groups is 1. The largest absolute Gasteiger partial charge is 0.361 e. The van der Waals surface area contributed by atoms with E-state index in [0.717, 1.165) is 23.9 Å². The van der Waals surface area contributed by atoms with E-state index < -0.39 is 0 Å². The molecule has 0 unspecified atom stereocenters. The molecule has 0 saturated carbocycles. The molecule has 0 spiro atoms. The van der Waals surface area contributed by atoms with Gasteiger partial charge in [0.25, 0.3) is 0 Å². The molecule has 2 heterocycles. The number of aryl methyl sites for hydroxylation is 1. The van der Waals surface area contributed by atoms with Gasteiger partial charge in [-0.25, -0.2) is 0 Å². The van der Waals surface area contributed by atoms with Crippen LogP contribution < -0.4 is 5.32 Å². The van der Waals surface area contributed by atoms with Crippen molar-refractivity contribution in [2.24, 2.45) is 10.9 Å². The van der Waals surface area contributed by atoms with Crippen LogP contribution in [0.1, 0.15) is 31.2 Å². The van der Waals surface area contributed by atoms with Crippen molar-refractivity contribution in [1.29, 1.82) is 0 Å². The Morgan fingerprint density at radius 1 is 1.53 bits per heavy atom. The van der Waals surface area contributed by atoms with Crippen LogP contribution >= 0.6 is 23.1 Å². The van der Waals surface area contributed by atoms with Crippen molar-refractivity contribution in [3.05, 3.63) is 21.9 Å². The summed E-state index contributed by atoms with van der Waals surface area (Å²) in [4.78, 5) is 6.10. The molecule has 1 aromatic heterocycles. The number of nitrogens with one attached hydrogen (secondary N) is 1. The molecule has 17 heavy (non-hydrogen) atoms. The number of hydrogen-bond acceptors (Lipinski definition) is 3. The predicted octanol–water partition coefficient (Wildman–Crippen LogP) is 3.53. The fraction of sp³-hybridized carbons (Fsp3) is 0.615. The quantitative estimate of drug-likeness (QED) is 0.903. The molecule has 1 aliphatic heterocycles. The van der Waals surface area contributed by atoms with Gasteiger partial charge in [-0.2, -0.15) is 0 Å². The summed E-state index contributed by atoms with van der Waals surface area (Å²) in [6, 6.07) is 2.81. The Kier molecular flexibility index (Phi) is 4.51. The number of nitrogens with zero attached hydrogens (tertiary/aromatic N) is 1. The van der Waals surface area contributed by atoms with Crippen molar-refractivity contribution in [2.75, 3.05) is 5.75 Å². The normalized spacial score (nSPS) is 22.4. The zero-order valence-corrected chi connectivity index (χ0v) is 12.3. The highest BCUT2D eigenvalue weighted by Crippen LogP contribution is 2.22. The van der Waals surface area contributed by atoms with E-state index in [1.807, 2.05) is 23.1 Å². The van der Waals surface area contributed by atoms with Crippen molar-refractivity contribution < 1.29 is 0 Å². The van der Waals surface area contributed by atoms with Gasteiger partial charge in [0, 0.05) is 16.7 Å². The molecule has 2 nitrogen and oxygen atoms in total. The minimum atomic E-state index is 0.590. The molecule has 1 saturated heterocycles. The van der Waals surface area contributed by atoms with E-state index in [4.69, 9.17) is 0 Å². The van der Waals surface area contributed by atoms with E-state index in [0.29, 0.717) is 12.0 Å². The van der Waals surface area contributed by atoms with Gasteiger partial charge in [-0.1, -0.05) is 32.5 Å². The summed E-state index contributed by atoms with van der Waals surface area (Å²) < 4.78 is 0. The molecule has 4 heteroatoms. The smallest absolute Gasteiger partial charge is 0.157 e. The van der Waals surface area contributed by atoms with E-state index in [2.05, 4.69) is 42.5 Å². The van der Waals surface area contributed by atoms with Crippen molar-refractivity contribution in [3.8, 4) is 0 Å². The Bertz CT molecular complexity index is 396. The number of rotatable bonds is 4. The molecular weight excluding hydrogens is 248 g/mol. The van der Waals surface area contributed by atoms with Crippen molar-refractivity contribution in [1.82, 2.24) is 5.32 Å². The van der Waals surface area contributed by atoms with Crippen LogP contribution in [0.3, 0.4) is 0 Å². The summed E-state index contributed by atoms with van der Waals surface area (Å²) in [5, 5.41) is 6.80. The van der Waals surface area contributed by atoms with Gasteiger partial charge in [-0.15, -0.1) is 11.3 Å². The van der Waals surface area contributed by atoms with E-state index in [1.165, 1.54) is 10.4 Å². The van der Waals surface area contributed by atoms with Gasteiger partial charge in [0.2, 0.25) is 0 Å². The van der Waals surface area contributed by atoms with Crippen molar-refractivity contribution >= 4 is 28.3 Å². The zero-order chi connectivity index (χ0) is 12.3. The Morgan fingerprint density at radius 2 is 2.35 bits per heavy atom. The number of hydrogen-bond donors (Lipinski definition) is 1. The minimum absolute atomic E-state index is 0.590. The fourth-order valence-electron chi connectivity index (χ4n) is 1.83. The summed E-state index contributed by atoms with van der Waals surface area (Å²) in [5.41, 5.74) is 1.45. The second kappa shape index (κ2) is 5.91. The SMILES string of the molecule is CCc1ccsc1CN=C1N[C@@H](C(C)C)CS1. The molecule has 0 aliphatic carbocycles. The summed E-state index contributed by atoms with van der Waals surface area (Å²) in [6.45, 7) is 7.56. The first kappa shape index (κ1) is 13.0. The third-order valence-electron chi connectivity index (χ3n) is 3.10. The summed E-state index contributed by atoms with van der Waals surface area (Å²) >= 11 is 3.68. The molecule has 94 valence electrons. The molecule has 1 aromatic rings. The van der Waals surface area contributed by atoms with Crippen molar-refractivity contribution in [2.45, 2.75) is 39.8 Å². The predicted molar refractivity (Wildman–Crippen MR) is 79.1 cm³/mol. The monoisotopic (exact) mass is 268 g/mol. The van der Waals surface area contributed by atoms with Crippen LogP contribution in [-0.2, 0) is 13.0 Å². The molecule has 1 N–H and O–H groups in total. The van der Waals surface area contributed by atoms with Crippen LogP contribution in [0.25, 0.3) is 0 Å². The Balaban J connectivity index is 1.94. The maximum Gasteiger partial charge on any atom is 0.157 e. The van der Waals surface area contributed by atoms with E-state index >= 15 is 0 Å². The minimum Gasteiger partial charge on any atom is -0.361 e. The average Bonchev–Trinajstić information content (AvgIpc) is 2.95. The van der Waals surface area contributed by atoms with Crippen LogP contribution in [0.5, 0.6) is 0 Å². The second-order valence-corrected chi connectivity index (χ2v) is 6.66. The van der Waals surface area contributed by atoms with Gasteiger partial charge in [0.05, 0.1) is 6.54 Å². The molecular formula is C13H20N2S2. The molecule has 0 amide bonds. The summed E-state index contributed by atoms with van der Waals surface area (Å²) in [7, 11) is 0. The lowest BCUT2D eigenvalue weighted by molar-refractivity contribution is 0.503. The van der Waals surface area contributed by atoms with E-state index in [1.54, 1.807) is 0 Å². The van der Waals surface area contributed by atoms with E-state index in [9.17, 15) is 0 Å². The van der Waals surface area contributed by atoms with Gasteiger partial charge < -0.3 is 5.32 Å². The highest BCUT2D eigenvalue weighted by Gasteiger charge is 2.22. The fourth-order valence-corrected chi connectivity index (χ4v) is 3.92. The van der Waals surface area contributed by atoms with Gasteiger partial charge >= 0.3 is 0 Å². The third-order valence-corrected chi connectivity index (χ3v) is 5.09. The first-order valence-electron chi connectivity index (χ1n) is 6.19. The maximum atomic E-state index is 4.69. The van der Waals surface area contributed by atoms with Crippen LogP contribution in [0.4, 0.5) is 0 Å². The van der Waals surface area contributed by atoms with Gasteiger partial charge in [-0.05, 0) is 29.3 Å². The Hall–Kier alpha value is -0.480. The van der Waals surface area contributed by atoms with Crippen molar-refractivity contribution in [3.63, 3.8) is 0 Å². The maximum absolute atomic E-state index is 4.69. The zero-order valence-electron chi connectivity index (χ0n) is 10.7. The molecule has 1 atom stereocenters. The number of aliphatic imine (C=N–C) groups is 1. The highest BCUT2D eigenvalue weighted by atomic mass is 32.2. The lowest BCUT2D eigenvalue weighted by atomic mass is 10.1. The third kappa shape index (κ3) is 3.26. The number of thiophene rings is 1. The van der Waals surface area contributed by atoms with Crippen LogP contribution in [-0.4, -0.2) is 17.0 Å². The Labute approximate surface area is 112 Å². The first-order valence-corrected chi connectivity index (χ1v) is 8.06. The van der Waals surface area contributed by atoms with Crippen LogP contribution in [0.2, 0.25) is 0 Å².